The van der Waals surface area contributed by atoms with E-state index in [4.69, 9.17) is 0 Å². The van der Waals surface area contributed by atoms with Crippen molar-refractivity contribution in [2.75, 3.05) is 5.08 Å². The van der Waals surface area contributed by atoms with Gasteiger partial charge in [0, 0.05) is 39.0 Å². The summed E-state index contributed by atoms with van der Waals surface area (Å²) in [4.78, 5) is 6.97. The fourth-order valence-corrected chi connectivity index (χ4v) is 4.67. The van der Waals surface area contributed by atoms with E-state index in [1.54, 1.807) is 0 Å². The minimum absolute atomic E-state index is 1.04. The van der Waals surface area contributed by atoms with Crippen LogP contribution in [0.4, 0.5) is 0 Å². The molecule has 0 spiro atoms. The number of hydrogen-bond donors (Lipinski definition) is 2. The van der Waals surface area contributed by atoms with Gasteiger partial charge in [0.1, 0.15) is 0 Å². The Morgan fingerprint density at radius 2 is 1.13 bits per heavy atom. The van der Waals surface area contributed by atoms with E-state index in [1.165, 1.54) is 33.2 Å². The molecule has 4 heteroatoms. The van der Waals surface area contributed by atoms with Gasteiger partial charge in [-0.3, -0.25) is 0 Å². The first kappa shape index (κ1) is 14.8. The molecule has 2 aromatic carbocycles. The van der Waals surface area contributed by atoms with Gasteiger partial charge in [0.05, 0.1) is 0 Å². The quantitative estimate of drug-likeness (QED) is 0.345. The molecule has 2 N–H and O–H groups in total. The van der Waals surface area contributed by atoms with Gasteiger partial charge in [0.2, 0.25) is 0 Å². The molecule has 0 unspecified atom stereocenters. The minimum Gasteiger partial charge on any atom is -0.358 e. The number of benzene rings is 2. The fourth-order valence-electron chi connectivity index (χ4n) is 2.78. The van der Waals surface area contributed by atoms with Gasteiger partial charge in [-0.05, 0) is 35.0 Å². The van der Waals surface area contributed by atoms with E-state index in [9.17, 15) is 0 Å². The zero-order valence-corrected chi connectivity index (χ0v) is 14.3. The number of aromatic amines is 2. The summed E-state index contributed by atoms with van der Waals surface area (Å²) in [5.74, 6) is 2.07. The van der Waals surface area contributed by atoms with Crippen LogP contribution in [0.5, 0.6) is 0 Å². The second kappa shape index (κ2) is 6.77. The van der Waals surface area contributed by atoms with E-state index in [2.05, 4.69) is 70.6 Å². The Bertz CT molecular complexity index is 781. The maximum atomic E-state index is 3.49. The molecule has 2 heterocycles. The number of nitrogens with one attached hydrogen (secondary N) is 2. The van der Waals surface area contributed by atoms with Gasteiger partial charge in [-0.2, -0.15) is 0 Å². The normalized spacial score (nSPS) is 11.5. The predicted octanol–water partition coefficient (Wildman–Crippen LogP) is 5.77. The second-order valence-electron chi connectivity index (χ2n) is 5.58. The summed E-state index contributed by atoms with van der Waals surface area (Å²) in [5, 5.41) is 3.70. The van der Waals surface area contributed by atoms with E-state index in [0.29, 0.717) is 0 Å². The van der Waals surface area contributed by atoms with Gasteiger partial charge in [-0.25, -0.2) is 0 Å². The number of rotatable bonds is 6. The fraction of sp³-hybridized carbons (Fsp3) is 0.158. The molecule has 116 valence electrons. The molecule has 0 amide bonds. The van der Waals surface area contributed by atoms with Crippen molar-refractivity contribution in [3.05, 3.63) is 72.1 Å². The molecule has 23 heavy (non-hydrogen) atoms. The Morgan fingerprint density at radius 1 is 0.652 bits per heavy atom. The summed E-state index contributed by atoms with van der Waals surface area (Å²) in [6, 6.07) is 21.4. The third kappa shape index (κ3) is 3.43. The van der Waals surface area contributed by atoms with Crippen molar-refractivity contribution in [3.63, 3.8) is 0 Å². The van der Waals surface area contributed by atoms with E-state index >= 15 is 0 Å². The average molecular weight is 339 g/mol. The van der Waals surface area contributed by atoms with Crippen LogP contribution in [0, 0.1) is 0 Å². The highest BCUT2D eigenvalue weighted by atomic mass is 32.2. The molecule has 0 aliphatic heterocycles. The summed E-state index contributed by atoms with van der Waals surface area (Å²) in [6.45, 7) is 0. The Kier molecular flexibility index (Phi) is 4.35. The minimum atomic E-state index is 1.04. The van der Waals surface area contributed by atoms with Gasteiger partial charge in [0.15, 0.2) is 0 Å². The number of aromatic nitrogens is 2. The second-order valence-corrected chi connectivity index (χ2v) is 7.92. The third-order valence-corrected chi connectivity index (χ3v) is 6.22. The highest BCUT2D eigenvalue weighted by molar-refractivity contribution is 8.15. The Hall–Kier alpha value is -1.78. The van der Waals surface area contributed by atoms with Crippen molar-refractivity contribution in [1.82, 2.24) is 9.97 Å². The average Bonchev–Trinajstić information content (AvgIpc) is 3.17. The monoisotopic (exact) mass is 338 g/mol. The maximum absolute atomic E-state index is 3.49. The van der Waals surface area contributed by atoms with Crippen molar-refractivity contribution in [2.45, 2.75) is 11.5 Å². The predicted molar refractivity (Wildman–Crippen MR) is 104 cm³/mol. The van der Waals surface area contributed by atoms with E-state index < -0.39 is 0 Å². The molecule has 0 radical (unpaired) electrons. The molecule has 4 rings (SSSR count). The first-order valence-corrected chi connectivity index (χ1v) is 9.98. The smallest absolute Gasteiger partial charge is 0.0456 e. The van der Waals surface area contributed by atoms with Crippen molar-refractivity contribution in [1.29, 1.82) is 0 Å². The van der Waals surface area contributed by atoms with E-state index in [0.717, 1.165) is 16.6 Å². The number of para-hydroxylation sites is 2. The van der Waals surface area contributed by atoms with Crippen LogP contribution in [0.2, 0.25) is 0 Å². The van der Waals surface area contributed by atoms with Crippen LogP contribution in [0.25, 0.3) is 21.8 Å². The summed E-state index contributed by atoms with van der Waals surface area (Å²) in [7, 11) is 0. The van der Waals surface area contributed by atoms with Crippen molar-refractivity contribution < 1.29 is 0 Å². The molecule has 0 atom stereocenters. The largest absolute Gasteiger partial charge is 0.358 e. The molecule has 4 aromatic rings. The molecule has 0 saturated heterocycles. The molecule has 2 aromatic heterocycles. The van der Waals surface area contributed by atoms with E-state index in [1.807, 2.05) is 23.5 Å². The lowest BCUT2D eigenvalue weighted by Crippen LogP contribution is -1.83. The molecule has 2 nitrogen and oxygen atoms in total. The molecule has 0 fully saturated rings. The SMILES string of the molecule is c1ccc2[nH]c(CSCSCc3cc4ccccc4[nH]3)cc2c1. The molecule has 0 bridgehead atoms. The first-order valence-electron chi connectivity index (χ1n) is 7.67. The van der Waals surface area contributed by atoms with Gasteiger partial charge < -0.3 is 9.97 Å². The topological polar surface area (TPSA) is 31.6 Å². The summed E-state index contributed by atoms with van der Waals surface area (Å²) < 4.78 is 0. The zero-order chi connectivity index (χ0) is 15.5. The van der Waals surface area contributed by atoms with Gasteiger partial charge in [0.25, 0.3) is 0 Å². The van der Waals surface area contributed by atoms with E-state index in [-0.39, 0.29) is 0 Å². The highest BCUT2D eigenvalue weighted by Crippen LogP contribution is 2.24. The number of H-pyrrole nitrogens is 2. The van der Waals surface area contributed by atoms with Crippen LogP contribution in [-0.4, -0.2) is 15.1 Å². The highest BCUT2D eigenvalue weighted by Gasteiger charge is 2.02. The Morgan fingerprint density at radius 3 is 1.61 bits per heavy atom. The summed E-state index contributed by atoms with van der Waals surface area (Å²) >= 11 is 3.93. The molecular formula is C19H18N2S2. The third-order valence-electron chi connectivity index (χ3n) is 3.85. The number of hydrogen-bond acceptors (Lipinski definition) is 2. The lowest BCUT2D eigenvalue weighted by molar-refractivity contribution is 1.26. The van der Waals surface area contributed by atoms with Crippen LogP contribution in [0.15, 0.2) is 60.7 Å². The van der Waals surface area contributed by atoms with Crippen molar-refractivity contribution in [2.24, 2.45) is 0 Å². The molecule has 0 aliphatic carbocycles. The zero-order valence-electron chi connectivity index (χ0n) is 12.7. The Labute approximate surface area is 144 Å². The van der Waals surface area contributed by atoms with Crippen LogP contribution < -0.4 is 0 Å². The maximum Gasteiger partial charge on any atom is 0.0456 e. The van der Waals surface area contributed by atoms with Gasteiger partial charge >= 0.3 is 0 Å². The molecule has 0 aliphatic rings. The first-order chi connectivity index (χ1) is 11.4. The number of fused-ring (bicyclic) bond motifs is 2. The van der Waals surface area contributed by atoms with Crippen LogP contribution in [0.3, 0.4) is 0 Å². The van der Waals surface area contributed by atoms with Crippen LogP contribution >= 0.6 is 23.5 Å². The van der Waals surface area contributed by atoms with Crippen molar-refractivity contribution in [3.8, 4) is 0 Å². The molecular weight excluding hydrogens is 320 g/mol. The molecule has 0 saturated carbocycles. The Balaban J connectivity index is 1.27. The lowest BCUT2D eigenvalue weighted by Gasteiger charge is -2.00. The lowest BCUT2D eigenvalue weighted by atomic mass is 10.2. The number of thioether (sulfide) groups is 2. The van der Waals surface area contributed by atoms with Crippen LogP contribution in [0.1, 0.15) is 11.4 Å². The van der Waals surface area contributed by atoms with Gasteiger partial charge in [-0.15, -0.1) is 23.5 Å². The van der Waals surface area contributed by atoms with Crippen LogP contribution in [-0.2, 0) is 11.5 Å². The standard InChI is InChI=1S/C19H18N2S2/c1-3-7-18-14(5-1)9-16(20-18)11-22-13-23-12-17-10-15-6-2-4-8-19(15)21-17/h1-10,20-21H,11-13H2. The summed E-state index contributed by atoms with van der Waals surface area (Å²) in [5.41, 5.74) is 5.08. The summed E-state index contributed by atoms with van der Waals surface area (Å²) in [6.07, 6.45) is 0. The van der Waals surface area contributed by atoms with Crippen molar-refractivity contribution >= 4 is 45.3 Å². The van der Waals surface area contributed by atoms with Gasteiger partial charge in [-0.1, -0.05) is 36.4 Å².